The van der Waals surface area contributed by atoms with Crippen LogP contribution in [0.5, 0.6) is 0 Å². The number of nitrogens with one attached hydrogen (secondary N) is 4. The molecule has 2 heterocycles. The zero-order valence-corrected chi connectivity index (χ0v) is 25.4. The smallest absolute Gasteiger partial charge is 0.268 e. The van der Waals surface area contributed by atoms with Gasteiger partial charge < -0.3 is 25.7 Å². The first-order chi connectivity index (χ1) is 20.8. The Kier molecular flexibility index (Phi) is 10.1. The van der Waals surface area contributed by atoms with Crippen molar-refractivity contribution in [3.05, 3.63) is 71.9 Å². The number of hydrogen-bond donors (Lipinski definition) is 4. The van der Waals surface area contributed by atoms with E-state index >= 15 is 0 Å². The van der Waals surface area contributed by atoms with Crippen LogP contribution in [0.1, 0.15) is 68.4 Å². The third-order valence-electron chi connectivity index (χ3n) is 8.62. The van der Waals surface area contributed by atoms with Crippen molar-refractivity contribution < 1.29 is 19.1 Å². The summed E-state index contributed by atoms with van der Waals surface area (Å²) >= 11 is 0. The number of carbonyl (C=O) groups is 3. The number of carbonyl (C=O) groups excluding carboxylic acids is 3. The fraction of sp³-hybridized carbons (Fsp3) is 0.500. The molecule has 1 saturated carbocycles. The van der Waals surface area contributed by atoms with Gasteiger partial charge in [-0.25, -0.2) is 0 Å². The SMILES string of the molecule is CC1CN(CCCNC(=O)[C@@H](Cc2ccccc2)NC(=O)C2(NC(=O)c3cc4ccccc4[nH]3)CCCCC2)CC(C)O1. The fourth-order valence-corrected chi connectivity index (χ4v) is 6.50. The van der Waals surface area contributed by atoms with Crippen LogP contribution in [0.15, 0.2) is 60.7 Å². The molecule has 1 saturated heterocycles. The summed E-state index contributed by atoms with van der Waals surface area (Å²) < 4.78 is 5.83. The van der Waals surface area contributed by atoms with E-state index in [1.165, 1.54) is 0 Å². The van der Waals surface area contributed by atoms with Crippen molar-refractivity contribution in [3.8, 4) is 0 Å². The zero-order valence-electron chi connectivity index (χ0n) is 25.4. The second kappa shape index (κ2) is 14.2. The lowest BCUT2D eigenvalue weighted by Crippen LogP contribution is -2.63. The Morgan fingerprint density at radius 2 is 1.67 bits per heavy atom. The van der Waals surface area contributed by atoms with E-state index in [2.05, 4.69) is 39.7 Å². The molecule has 43 heavy (non-hydrogen) atoms. The molecule has 2 unspecified atom stereocenters. The lowest BCUT2D eigenvalue weighted by Gasteiger charge is -2.37. The lowest BCUT2D eigenvalue weighted by atomic mass is 9.80. The van der Waals surface area contributed by atoms with Gasteiger partial charge in [-0.05, 0) is 50.8 Å². The van der Waals surface area contributed by atoms with Crippen LogP contribution in [0.4, 0.5) is 0 Å². The lowest BCUT2D eigenvalue weighted by molar-refractivity contribution is -0.133. The van der Waals surface area contributed by atoms with Gasteiger partial charge in [-0.15, -0.1) is 0 Å². The van der Waals surface area contributed by atoms with Crippen LogP contribution in [0.2, 0.25) is 0 Å². The summed E-state index contributed by atoms with van der Waals surface area (Å²) in [5.41, 5.74) is 1.17. The van der Waals surface area contributed by atoms with Crippen LogP contribution in [-0.4, -0.2) is 77.6 Å². The van der Waals surface area contributed by atoms with Gasteiger partial charge in [0, 0.05) is 43.5 Å². The molecule has 9 heteroatoms. The molecule has 9 nitrogen and oxygen atoms in total. The summed E-state index contributed by atoms with van der Waals surface area (Å²) in [6.45, 7) is 7.33. The molecule has 3 atom stereocenters. The van der Waals surface area contributed by atoms with Crippen LogP contribution in [0, 0.1) is 0 Å². The molecule has 4 N–H and O–H groups in total. The molecule has 230 valence electrons. The van der Waals surface area contributed by atoms with Crippen molar-refractivity contribution in [1.82, 2.24) is 25.8 Å². The predicted molar refractivity (Wildman–Crippen MR) is 168 cm³/mol. The minimum Gasteiger partial charge on any atom is -0.373 e. The first kappa shape index (κ1) is 30.8. The van der Waals surface area contributed by atoms with Crippen LogP contribution in [-0.2, 0) is 20.7 Å². The van der Waals surface area contributed by atoms with Gasteiger partial charge in [0.2, 0.25) is 11.8 Å². The highest BCUT2D eigenvalue weighted by Gasteiger charge is 2.42. The molecule has 0 bridgehead atoms. The number of nitrogens with zero attached hydrogens (tertiary/aromatic N) is 1. The highest BCUT2D eigenvalue weighted by atomic mass is 16.5. The van der Waals surface area contributed by atoms with Gasteiger partial charge in [0.05, 0.1) is 12.2 Å². The Balaban J connectivity index is 1.25. The molecule has 1 aromatic heterocycles. The first-order valence-electron chi connectivity index (χ1n) is 15.7. The van der Waals surface area contributed by atoms with E-state index in [1.807, 2.05) is 60.7 Å². The third-order valence-corrected chi connectivity index (χ3v) is 8.62. The van der Waals surface area contributed by atoms with E-state index < -0.39 is 11.6 Å². The number of aromatic nitrogens is 1. The molecule has 2 aliphatic rings. The van der Waals surface area contributed by atoms with Crippen molar-refractivity contribution in [1.29, 1.82) is 0 Å². The van der Waals surface area contributed by atoms with E-state index in [0.29, 0.717) is 31.5 Å². The Bertz CT molecular complexity index is 1340. The van der Waals surface area contributed by atoms with Crippen LogP contribution >= 0.6 is 0 Å². The van der Waals surface area contributed by atoms with Crippen molar-refractivity contribution >= 4 is 28.6 Å². The Labute approximate surface area is 254 Å². The minimum absolute atomic E-state index is 0.201. The van der Waals surface area contributed by atoms with Gasteiger partial charge in [-0.1, -0.05) is 67.8 Å². The number of hydrogen-bond acceptors (Lipinski definition) is 5. The maximum Gasteiger partial charge on any atom is 0.268 e. The first-order valence-corrected chi connectivity index (χ1v) is 15.7. The zero-order chi connectivity index (χ0) is 30.2. The number of para-hydroxylation sites is 1. The molecule has 2 fully saturated rings. The van der Waals surface area contributed by atoms with Crippen LogP contribution in [0.3, 0.4) is 0 Å². The maximum absolute atomic E-state index is 14.0. The monoisotopic (exact) mass is 587 g/mol. The molecule has 2 aromatic carbocycles. The number of amides is 3. The van der Waals surface area contributed by atoms with Crippen molar-refractivity contribution in [3.63, 3.8) is 0 Å². The number of fused-ring (bicyclic) bond motifs is 1. The van der Waals surface area contributed by atoms with Crippen LogP contribution < -0.4 is 16.0 Å². The topological polar surface area (TPSA) is 116 Å². The number of morpholine rings is 1. The minimum atomic E-state index is -1.08. The summed E-state index contributed by atoms with van der Waals surface area (Å²) in [5, 5.41) is 10.1. The highest BCUT2D eigenvalue weighted by molar-refractivity contribution is 6.02. The summed E-state index contributed by atoms with van der Waals surface area (Å²) in [5.74, 6) is -0.832. The van der Waals surface area contributed by atoms with Gasteiger partial charge in [0.25, 0.3) is 5.91 Å². The number of aromatic amines is 1. The highest BCUT2D eigenvalue weighted by Crippen LogP contribution is 2.29. The molecule has 5 rings (SSSR count). The van der Waals surface area contributed by atoms with Crippen molar-refractivity contribution in [2.24, 2.45) is 0 Å². The van der Waals surface area contributed by atoms with E-state index in [0.717, 1.165) is 61.8 Å². The quantitative estimate of drug-likeness (QED) is 0.254. The van der Waals surface area contributed by atoms with Gasteiger partial charge in [-0.3, -0.25) is 19.3 Å². The molecule has 1 aliphatic carbocycles. The number of rotatable bonds is 11. The number of H-pyrrole nitrogens is 1. The molecular formula is C34H45N5O4. The fourth-order valence-electron chi connectivity index (χ4n) is 6.50. The second-order valence-electron chi connectivity index (χ2n) is 12.2. The Hall–Kier alpha value is -3.69. The van der Waals surface area contributed by atoms with Gasteiger partial charge in [0.1, 0.15) is 17.3 Å². The predicted octanol–water partition coefficient (Wildman–Crippen LogP) is 3.94. The molecule has 3 aromatic rings. The Morgan fingerprint density at radius 1 is 0.977 bits per heavy atom. The average molecular weight is 588 g/mol. The molecule has 0 spiro atoms. The number of benzene rings is 2. The second-order valence-corrected chi connectivity index (χ2v) is 12.2. The normalized spacial score (nSPS) is 21.2. The van der Waals surface area contributed by atoms with Gasteiger partial charge in [-0.2, -0.15) is 0 Å². The molecule has 1 aliphatic heterocycles. The van der Waals surface area contributed by atoms with Crippen molar-refractivity contribution in [2.75, 3.05) is 26.2 Å². The summed E-state index contributed by atoms with van der Waals surface area (Å²) in [6, 6.07) is 18.5. The largest absolute Gasteiger partial charge is 0.373 e. The van der Waals surface area contributed by atoms with E-state index in [-0.39, 0.29) is 29.9 Å². The van der Waals surface area contributed by atoms with Crippen molar-refractivity contribution in [2.45, 2.75) is 82.6 Å². The maximum atomic E-state index is 14.0. The van der Waals surface area contributed by atoms with Gasteiger partial charge >= 0.3 is 0 Å². The van der Waals surface area contributed by atoms with E-state index in [9.17, 15) is 14.4 Å². The number of ether oxygens (including phenoxy) is 1. The standard InChI is InChI=1S/C34H45N5O4/c1-24-22-39(23-25(2)43-24)19-11-18-35-31(40)29(20-26-12-5-3-6-13-26)37-33(42)34(16-9-4-10-17-34)38-32(41)30-21-27-14-7-8-15-28(27)36-30/h3,5-8,12-15,21,24-25,29,36H,4,9-11,16-20,22-23H2,1-2H3,(H,35,40)(H,37,42)(H,38,41)/t24?,25?,29-/m1/s1. The average Bonchev–Trinajstić information content (AvgIpc) is 3.44. The molecular weight excluding hydrogens is 542 g/mol. The Morgan fingerprint density at radius 3 is 2.40 bits per heavy atom. The summed E-state index contributed by atoms with van der Waals surface area (Å²) in [4.78, 5) is 46.5. The molecule has 3 amide bonds. The molecule has 0 radical (unpaired) electrons. The summed E-state index contributed by atoms with van der Waals surface area (Å²) in [7, 11) is 0. The summed E-state index contributed by atoms with van der Waals surface area (Å²) in [6.07, 6.45) is 5.29. The van der Waals surface area contributed by atoms with E-state index in [4.69, 9.17) is 4.74 Å². The van der Waals surface area contributed by atoms with E-state index in [1.54, 1.807) is 0 Å². The van der Waals surface area contributed by atoms with Crippen LogP contribution in [0.25, 0.3) is 10.9 Å². The van der Waals surface area contributed by atoms with Gasteiger partial charge in [0.15, 0.2) is 0 Å². The third kappa shape index (κ3) is 8.03.